The summed E-state index contributed by atoms with van der Waals surface area (Å²) < 4.78 is 1.03. The lowest BCUT2D eigenvalue weighted by Gasteiger charge is -2.24. The van der Waals surface area contributed by atoms with Crippen LogP contribution in [0, 0.1) is 13.8 Å². The molecule has 0 fully saturated rings. The molecule has 4 heteroatoms. The zero-order chi connectivity index (χ0) is 14.5. The minimum absolute atomic E-state index is 0.678. The predicted octanol–water partition coefficient (Wildman–Crippen LogP) is 3.95. The number of pyridine rings is 1. The molecule has 1 heterocycles. The highest BCUT2D eigenvalue weighted by atomic mass is 79.9. The molecule has 1 aromatic heterocycles. The Morgan fingerprint density at radius 2 is 2.00 bits per heavy atom. The molecular formula is C16H20BrN3. The molecule has 0 atom stereocenters. The second-order valence-electron chi connectivity index (χ2n) is 4.87. The van der Waals surface area contributed by atoms with E-state index < -0.39 is 0 Å². The van der Waals surface area contributed by atoms with E-state index in [0.717, 1.165) is 34.6 Å². The fourth-order valence-corrected chi connectivity index (χ4v) is 2.32. The van der Waals surface area contributed by atoms with Crippen LogP contribution < -0.4 is 10.6 Å². The van der Waals surface area contributed by atoms with E-state index in [4.69, 9.17) is 5.73 Å². The van der Waals surface area contributed by atoms with Gasteiger partial charge in [0, 0.05) is 16.7 Å². The SMILES string of the molecule is Cc1cccc(N(CCCN)c2ccc(Br)c(C)n2)c1. The molecule has 0 aliphatic heterocycles. The molecule has 20 heavy (non-hydrogen) atoms. The van der Waals surface area contributed by atoms with Gasteiger partial charge in [-0.3, -0.25) is 0 Å². The summed E-state index contributed by atoms with van der Waals surface area (Å²) in [7, 11) is 0. The fraction of sp³-hybridized carbons (Fsp3) is 0.312. The molecule has 2 rings (SSSR count). The largest absolute Gasteiger partial charge is 0.330 e. The van der Waals surface area contributed by atoms with Crippen molar-refractivity contribution in [2.24, 2.45) is 5.73 Å². The topological polar surface area (TPSA) is 42.1 Å². The normalized spacial score (nSPS) is 10.6. The molecule has 0 bridgehead atoms. The molecule has 0 saturated heterocycles. The molecule has 0 aliphatic rings. The molecule has 0 saturated carbocycles. The fourth-order valence-electron chi connectivity index (χ4n) is 2.10. The Kier molecular flexibility index (Phi) is 5.15. The van der Waals surface area contributed by atoms with Gasteiger partial charge in [-0.2, -0.15) is 0 Å². The smallest absolute Gasteiger partial charge is 0.133 e. The maximum Gasteiger partial charge on any atom is 0.133 e. The number of nitrogens with two attached hydrogens (primary N) is 1. The van der Waals surface area contributed by atoms with Crippen LogP contribution in [0.5, 0.6) is 0 Å². The summed E-state index contributed by atoms with van der Waals surface area (Å²) in [5.41, 5.74) is 9.06. The number of nitrogens with zero attached hydrogens (tertiary/aromatic N) is 2. The maximum absolute atomic E-state index is 5.66. The Morgan fingerprint density at radius 3 is 2.65 bits per heavy atom. The summed E-state index contributed by atoms with van der Waals surface area (Å²) in [5.74, 6) is 0.963. The van der Waals surface area contributed by atoms with Crippen LogP contribution in [0.4, 0.5) is 11.5 Å². The maximum atomic E-state index is 5.66. The lowest BCUT2D eigenvalue weighted by Crippen LogP contribution is -2.22. The number of benzene rings is 1. The highest BCUT2D eigenvalue weighted by molar-refractivity contribution is 9.10. The van der Waals surface area contributed by atoms with Gasteiger partial charge < -0.3 is 10.6 Å². The molecule has 0 unspecified atom stereocenters. The first-order chi connectivity index (χ1) is 9.61. The van der Waals surface area contributed by atoms with Crippen LogP contribution in [0.2, 0.25) is 0 Å². The number of hydrogen-bond donors (Lipinski definition) is 1. The lowest BCUT2D eigenvalue weighted by molar-refractivity contribution is 0.808. The number of rotatable bonds is 5. The lowest BCUT2D eigenvalue weighted by atomic mass is 10.2. The first-order valence-corrected chi connectivity index (χ1v) is 7.58. The van der Waals surface area contributed by atoms with Crippen LogP contribution in [0.1, 0.15) is 17.7 Å². The number of halogens is 1. The average Bonchev–Trinajstić information content (AvgIpc) is 2.43. The Bertz CT molecular complexity index is 584. The van der Waals surface area contributed by atoms with Crippen molar-refractivity contribution < 1.29 is 0 Å². The third-order valence-corrected chi connectivity index (χ3v) is 4.02. The summed E-state index contributed by atoms with van der Waals surface area (Å²) in [6.45, 7) is 5.65. The van der Waals surface area contributed by atoms with E-state index in [1.807, 2.05) is 19.1 Å². The first kappa shape index (κ1) is 15.0. The van der Waals surface area contributed by atoms with E-state index in [1.165, 1.54) is 5.56 Å². The zero-order valence-corrected chi connectivity index (χ0v) is 13.5. The number of aromatic nitrogens is 1. The van der Waals surface area contributed by atoms with Crippen molar-refractivity contribution in [2.45, 2.75) is 20.3 Å². The van der Waals surface area contributed by atoms with Crippen molar-refractivity contribution in [2.75, 3.05) is 18.0 Å². The molecule has 1 aromatic carbocycles. The number of aryl methyl sites for hydroxylation is 2. The Balaban J connectivity index is 2.38. The molecule has 3 nitrogen and oxygen atoms in total. The Labute approximate surface area is 129 Å². The molecule has 2 aromatic rings. The van der Waals surface area contributed by atoms with E-state index in [0.29, 0.717) is 6.54 Å². The van der Waals surface area contributed by atoms with Crippen molar-refractivity contribution in [3.05, 3.63) is 52.1 Å². The predicted molar refractivity (Wildman–Crippen MR) is 88.5 cm³/mol. The van der Waals surface area contributed by atoms with Crippen molar-refractivity contribution in [1.29, 1.82) is 0 Å². The molecule has 0 amide bonds. The number of hydrogen-bond acceptors (Lipinski definition) is 3. The standard InChI is InChI=1S/C16H20BrN3/c1-12-5-3-6-14(11-12)20(10-4-9-18)16-8-7-15(17)13(2)19-16/h3,5-8,11H,4,9-10,18H2,1-2H3. The molecule has 106 valence electrons. The quantitative estimate of drug-likeness (QED) is 0.900. The van der Waals surface area contributed by atoms with Gasteiger partial charge in [0.2, 0.25) is 0 Å². The second-order valence-corrected chi connectivity index (χ2v) is 5.72. The van der Waals surface area contributed by atoms with Gasteiger partial charge in [-0.1, -0.05) is 12.1 Å². The van der Waals surface area contributed by atoms with E-state index in [1.54, 1.807) is 0 Å². The van der Waals surface area contributed by atoms with Gasteiger partial charge in [0.05, 0.1) is 5.69 Å². The van der Waals surface area contributed by atoms with Gasteiger partial charge in [0.25, 0.3) is 0 Å². The zero-order valence-electron chi connectivity index (χ0n) is 11.9. The highest BCUT2D eigenvalue weighted by Crippen LogP contribution is 2.26. The van der Waals surface area contributed by atoms with Crippen molar-refractivity contribution >= 4 is 27.4 Å². The summed E-state index contributed by atoms with van der Waals surface area (Å²) in [5, 5.41) is 0. The van der Waals surface area contributed by atoms with Crippen LogP contribution in [0.25, 0.3) is 0 Å². The Morgan fingerprint density at radius 1 is 1.20 bits per heavy atom. The van der Waals surface area contributed by atoms with Crippen LogP contribution in [0.15, 0.2) is 40.9 Å². The second kappa shape index (κ2) is 6.86. The molecule has 0 radical (unpaired) electrons. The minimum atomic E-state index is 0.678. The van der Waals surface area contributed by atoms with Crippen molar-refractivity contribution in [3.8, 4) is 0 Å². The van der Waals surface area contributed by atoms with Crippen LogP contribution >= 0.6 is 15.9 Å². The monoisotopic (exact) mass is 333 g/mol. The van der Waals surface area contributed by atoms with E-state index in [-0.39, 0.29) is 0 Å². The minimum Gasteiger partial charge on any atom is -0.330 e. The molecular weight excluding hydrogens is 314 g/mol. The van der Waals surface area contributed by atoms with Gasteiger partial charge >= 0.3 is 0 Å². The third-order valence-electron chi connectivity index (χ3n) is 3.18. The van der Waals surface area contributed by atoms with Gasteiger partial charge in [0.1, 0.15) is 5.82 Å². The first-order valence-electron chi connectivity index (χ1n) is 6.79. The van der Waals surface area contributed by atoms with Crippen molar-refractivity contribution in [1.82, 2.24) is 4.98 Å². The highest BCUT2D eigenvalue weighted by Gasteiger charge is 2.11. The number of anilines is 2. The molecule has 2 N–H and O–H groups in total. The van der Waals surface area contributed by atoms with Crippen LogP contribution in [0.3, 0.4) is 0 Å². The van der Waals surface area contributed by atoms with E-state index >= 15 is 0 Å². The van der Waals surface area contributed by atoms with Gasteiger partial charge in [-0.25, -0.2) is 4.98 Å². The molecule has 0 spiro atoms. The third kappa shape index (κ3) is 3.58. The van der Waals surface area contributed by atoms with Gasteiger partial charge in [-0.05, 0) is 72.6 Å². The summed E-state index contributed by atoms with van der Waals surface area (Å²) >= 11 is 3.50. The summed E-state index contributed by atoms with van der Waals surface area (Å²) in [4.78, 5) is 6.89. The van der Waals surface area contributed by atoms with Crippen LogP contribution in [-0.4, -0.2) is 18.1 Å². The summed E-state index contributed by atoms with van der Waals surface area (Å²) in [6.07, 6.45) is 0.935. The van der Waals surface area contributed by atoms with Gasteiger partial charge in [0.15, 0.2) is 0 Å². The van der Waals surface area contributed by atoms with Crippen molar-refractivity contribution in [3.63, 3.8) is 0 Å². The average molecular weight is 334 g/mol. The van der Waals surface area contributed by atoms with E-state index in [9.17, 15) is 0 Å². The van der Waals surface area contributed by atoms with Crippen LogP contribution in [-0.2, 0) is 0 Å². The van der Waals surface area contributed by atoms with E-state index in [2.05, 4.69) is 57.0 Å². The van der Waals surface area contributed by atoms with Gasteiger partial charge in [-0.15, -0.1) is 0 Å². The Hall–Kier alpha value is -1.39. The molecule has 0 aliphatic carbocycles. The summed E-state index contributed by atoms with van der Waals surface area (Å²) in [6, 6.07) is 12.5.